The molecule has 0 atom stereocenters. The molecule has 2 aromatic carbocycles. The topological polar surface area (TPSA) is 18.5 Å². The summed E-state index contributed by atoms with van der Waals surface area (Å²) in [4.78, 5) is 0.762. The van der Waals surface area contributed by atoms with Crippen LogP contribution in [0.3, 0.4) is 0 Å². The van der Waals surface area contributed by atoms with Crippen LogP contribution in [0.5, 0.6) is 11.5 Å². The maximum Gasteiger partial charge on any atom is 0.573 e. The molecule has 0 N–H and O–H groups in total. The molecule has 0 aliphatic heterocycles. The van der Waals surface area contributed by atoms with Crippen molar-refractivity contribution in [1.82, 2.24) is 0 Å². The summed E-state index contributed by atoms with van der Waals surface area (Å²) in [6, 6.07) is 8.32. The summed E-state index contributed by atoms with van der Waals surface area (Å²) in [5.74, 6) is -0.729. The maximum absolute atomic E-state index is 12.4. The van der Waals surface area contributed by atoms with E-state index in [-0.39, 0.29) is 22.6 Å². The maximum atomic E-state index is 12.4. The van der Waals surface area contributed by atoms with E-state index >= 15 is 0 Å². The molecule has 2 aromatic rings. The Kier molecular flexibility index (Phi) is 5.46. The minimum atomic E-state index is -4.83. The molecule has 2 nitrogen and oxygen atoms in total. The van der Waals surface area contributed by atoms with Gasteiger partial charge in [0.15, 0.2) is 0 Å². The highest BCUT2D eigenvalue weighted by Crippen LogP contribution is 2.36. The standard InChI is InChI=1S/C16H12F6O2S/c1-9-3-5-11(7-13(9)23-15(17,18)19)25-12-6-4-10(2)14(8-12)24-16(20,21)22/h3-8H,1-2H3. The van der Waals surface area contributed by atoms with Crippen LogP contribution < -0.4 is 9.47 Å². The zero-order chi connectivity index (χ0) is 18.8. The largest absolute Gasteiger partial charge is 0.573 e. The number of hydrogen-bond acceptors (Lipinski definition) is 3. The number of rotatable bonds is 4. The predicted molar refractivity (Wildman–Crippen MR) is 79.8 cm³/mol. The molecule has 0 saturated carbocycles. The Morgan fingerprint density at radius 1 is 0.680 bits per heavy atom. The van der Waals surface area contributed by atoms with Gasteiger partial charge in [-0.15, -0.1) is 26.3 Å². The van der Waals surface area contributed by atoms with E-state index in [1.165, 1.54) is 38.1 Å². The second kappa shape index (κ2) is 7.07. The molecule has 0 aliphatic carbocycles. The molecule has 0 heterocycles. The van der Waals surface area contributed by atoms with Gasteiger partial charge in [0.2, 0.25) is 0 Å². The fraction of sp³-hybridized carbons (Fsp3) is 0.250. The van der Waals surface area contributed by atoms with E-state index in [9.17, 15) is 26.3 Å². The van der Waals surface area contributed by atoms with Crippen molar-refractivity contribution in [3.05, 3.63) is 47.5 Å². The van der Waals surface area contributed by atoms with E-state index in [0.717, 1.165) is 11.8 Å². The number of halogens is 6. The Bertz CT molecular complexity index is 692. The number of aryl methyl sites for hydroxylation is 2. The normalized spacial score (nSPS) is 12.2. The van der Waals surface area contributed by atoms with Crippen LogP contribution in [0.1, 0.15) is 11.1 Å². The van der Waals surface area contributed by atoms with Gasteiger partial charge in [0.25, 0.3) is 0 Å². The van der Waals surface area contributed by atoms with Crippen LogP contribution in [-0.2, 0) is 0 Å². The van der Waals surface area contributed by atoms with Gasteiger partial charge in [-0.25, -0.2) is 0 Å². The first-order valence-electron chi connectivity index (χ1n) is 6.83. The van der Waals surface area contributed by atoms with Gasteiger partial charge in [-0.2, -0.15) is 0 Å². The van der Waals surface area contributed by atoms with E-state index < -0.39 is 12.7 Å². The molecule has 0 aromatic heterocycles. The summed E-state index contributed by atoms with van der Waals surface area (Å²) in [6.07, 6.45) is -9.66. The second-order valence-corrected chi connectivity index (χ2v) is 6.20. The smallest absolute Gasteiger partial charge is 0.405 e. The molecule has 0 fully saturated rings. The van der Waals surface area contributed by atoms with Crippen molar-refractivity contribution in [3.63, 3.8) is 0 Å². The first-order chi connectivity index (χ1) is 11.4. The first kappa shape index (κ1) is 19.3. The van der Waals surface area contributed by atoms with Crippen molar-refractivity contribution in [2.45, 2.75) is 36.4 Å². The Morgan fingerprint density at radius 2 is 1.04 bits per heavy atom. The zero-order valence-corrected chi connectivity index (χ0v) is 13.8. The Labute approximate surface area is 143 Å². The van der Waals surface area contributed by atoms with Crippen molar-refractivity contribution >= 4 is 11.8 Å². The van der Waals surface area contributed by atoms with E-state index in [2.05, 4.69) is 9.47 Å². The van der Waals surface area contributed by atoms with Crippen molar-refractivity contribution in [3.8, 4) is 11.5 Å². The third-order valence-electron chi connectivity index (χ3n) is 3.01. The molecule has 0 saturated heterocycles. The Hall–Kier alpha value is -2.03. The minimum absolute atomic E-state index is 0.284. The molecule has 0 aliphatic rings. The lowest BCUT2D eigenvalue weighted by Gasteiger charge is -2.14. The summed E-state index contributed by atoms with van der Waals surface area (Å²) < 4.78 is 82.2. The summed E-state index contributed by atoms with van der Waals surface area (Å²) in [5.41, 5.74) is 0.568. The van der Waals surface area contributed by atoms with Crippen LogP contribution in [0.25, 0.3) is 0 Å². The van der Waals surface area contributed by atoms with Crippen LogP contribution in [0.15, 0.2) is 46.2 Å². The van der Waals surface area contributed by atoms with Gasteiger partial charge in [0.05, 0.1) is 0 Å². The van der Waals surface area contributed by atoms with Crippen LogP contribution >= 0.6 is 11.8 Å². The first-order valence-corrected chi connectivity index (χ1v) is 7.65. The quantitative estimate of drug-likeness (QED) is 0.582. The highest BCUT2D eigenvalue weighted by Gasteiger charge is 2.32. The molecule has 2 rings (SSSR count). The zero-order valence-electron chi connectivity index (χ0n) is 13.0. The van der Waals surface area contributed by atoms with Gasteiger partial charge < -0.3 is 9.47 Å². The summed E-state index contributed by atoms with van der Waals surface area (Å²) >= 11 is 0.991. The van der Waals surface area contributed by atoms with E-state index in [0.29, 0.717) is 9.79 Å². The van der Waals surface area contributed by atoms with Crippen molar-refractivity contribution in [2.75, 3.05) is 0 Å². The summed E-state index contributed by atoms with van der Waals surface area (Å²) in [5, 5.41) is 0. The predicted octanol–water partition coefficient (Wildman–Crippen LogP) is 6.25. The highest BCUT2D eigenvalue weighted by molar-refractivity contribution is 7.99. The lowest BCUT2D eigenvalue weighted by atomic mass is 10.2. The Morgan fingerprint density at radius 3 is 1.36 bits per heavy atom. The molecule has 0 spiro atoms. The lowest BCUT2D eigenvalue weighted by Crippen LogP contribution is -2.17. The van der Waals surface area contributed by atoms with Gasteiger partial charge in [-0.1, -0.05) is 23.9 Å². The van der Waals surface area contributed by atoms with Gasteiger partial charge in [-0.3, -0.25) is 0 Å². The SMILES string of the molecule is Cc1ccc(Sc2ccc(C)c(OC(F)(F)F)c2)cc1OC(F)(F)F. The second-order valence-electron chi connectivity index (χ2n) is 5.05. The summed E-state index contributed by atoms with van der Waals surface area (Å²) in [6.45, 7) is 2.91. The van der Waals surface area contributed by atoms with Crippen molar-refractivity contribution < 1.29 is 35.8 Å². The molecule has 0 radical (unpaired) electrons. The molecular formula is C16H12F6O2S. The molecule has 0 unspecified atom stereocenters. The molecule has 136 valence electrons. The van der Waals surface area contributed by atoms with Crippen molar-refractivity contribution in [1.29, 1.82) is 0 Å². The summed E-state index contributed by atoms with van der Waals surface area (Å²) in [7, 11) is 0. The molecule has 0 bridgehead atoms. The third-order valence-corrected chi connectivity index (χ3v) is 3.99. The monoisotopic (exact) mass is 382 g/mol. The fourth-order valence-corrected chi connectivity index (χ4v) is 2.77. The van der Waals surface area contributed by atoms with E-state index in [1.807, 2.05) is 0 Å². The highest BCUT2D eigenvalue weighted by atomic mass is 32.2. The van der Waals surface area contributed by atoms with E-state index in [4.69, 9.17) is 0 Å². The molecule has 9 heteroatoms. The number of benzene rings is 2. The van der Waals surface area contributed by atoms with Gasteiger partial charge >= 0.3 is 12.7 Å². The third kappa shape index (κ3) is 6.08. The number of ether oxygens (including phenoxy) is 2. The number of hydrogen-bond donors (Lipinski definition) is 0. The van der Waals surface area contributed by atoms with Crippen LogP contribution in [0.2, 0.25) is 0 Å². The van der Waals surface area contributed by atoms with Gasteiger partial charge in [-0.05, 0) is 49.2 Å². The number of alkyl halides is 6. The van der Waals surface area contributed by atoms with Gasteiger partial charge in [0.1, 0.15) is 11.5 Å². The molecule has 25 heavy (non-hydrogen) atoms. The average Bonchev–Trinajstić information content (AvgIpc) is 2.43. The molecule has 0 amide bonds. The molecular weight excluding hydrogens is 370 g/mol. The lowest BCUT2D eigenvalue weighted by molar-refractivity contribution is -0.275. The van der Waals surface area contributed by atoms with Gasteiger partial charge in [0, 0.05) is 9.79 Å². The van der Waals surface area contributed by atoms with Crippen molar-refractivity contribution in [2.24, 2.45) is 0 Å². The van der Waals surface area contributed by atoms with Crippen LogP contribution in [-0.4, -0.2) is 12.7 Å². The average molecular weight is 382 g/mol. The fourth-order valence-electron chi connectivity index (χ4n) is 1.89. The van der Waals surface area contributed by atoms with Crippen LogP contribution in [0.4, 0.5) is 26.3 Å². The minimum Gasteiger partial charge on any atom is -0.405 e. The Balaban J connectivity index is 2.25. The van der Waals surface area contributed by atoms with Crippen LogP contribution in [0, 0.1) is 13.8 Å². The van der Waals surface area contributed by atoms with E-state index in [1.54, 1.807) is 12.1 Å².